The zero-order chi connectivity index (χ0) is 36.3. The first-order valence-corrected chi connectivity index (χ1v) is 17.9. The van der Waals surface area contributed by atoms with E-state index in [1.165, 1.54) is 30.5 Å². The van der Waals surface area contributed by atoms with E-state index in [-0.39, 0.29) is 80.7 Å². The highest BCUT2D eigenvalue weighted by Gasteiger charge is 2.67. The molecule has 8 nitrogen and oxygen atoms in total. The lowest BCUT2D eigenvalue weighted by Gasteiger charge is -2.66. The topological polar surface area (TPSA) is 91.7 Å². The number of rotatable bonds is 6. The smallest absolute Gasteiger partial charge is 0.450 e. The van der Waals surface area contributed by atoms with Gasteiger partial charge in [-0.2, -0.15) is 23.1 Å². The number of fused-ring (bicyclic) bond motifs is 3. The predicted molar refractivity (Wildman–Crippen MR) is 183 cm³/mol. The molecule has 4 atom stereocenters. The number of ketones is 1. The summed E-state index contributed by atoms with van der Waals surface area (Å²) in [5.41, 5.74) is -1.47. The van der Waals surface area contributed by atoms with E-state index in [9.17, 15) is 27.5 Å². The van der Waals surface area contributed by atoms with Gasteiger partial charge in [0, 0.05) is 48.1 Å². The second-order valence-electron chi connectivity index (χ2n) is 15.4. The lowest BCUT2D eigenvalue weighted by Crippen LogP contribution is -2.66. The van der Waals surface area contributed by atoms with E-state index in [2.05, 4.69) is 20.8 Å². The molecule has 7 heterocycles. The minimum absolute atomic E-state index is 0.0112. The lowest BCUT2D eigenvalue weighted by molar-refractivity contribution is -0.208. The number of ether oxygens (including phenoxy) is 1. The van der Waals surface area contributed by atoms with Gasteiger partial charge in [0.15, 0.2) is 5.82 Å². The van der Waals surface area contributed by atoms with E-state index in [1.807, 2.05) is 4.90 Å². The van der Waals surface area contributed by atoms with Gasteiger partial charge in [-0.05, 0) is 85.9 Å². The highest BCUT2D eigenvalue weighted by Crippen LogP contribution is 2.67. The van der Waals surface area contributed by atoms with Gasteiger partial charge in [-0.25, -0.2) is 8.78 Å². The number of Topliss-reactive ketones (excluding diaryl/α,β-unsaturated/α-hetero) is 1. The Morgan fingerprint density at radius 2 is 1.92 bits per heavy atom. The van der Waals surface area contributed by atoms with Crippen molar-refractivity contribution in [3.05, 3.63) is 47.7 Å². The van der Waals surface area contributed by atoms with Crippen molar-refractivity contribution in [2.75, 3.05) is 37.7 Å². The van der Waals surface area contributed by atoms with Crippen LogP contribution >= 0.6 is 11.6 Å². The summed E-state index contributed by atoms with van der Waals surface area (Å²) in [5.74, 6) is -2.65. The number of alkyl halides is 4. The largest absolute Gasteiger partial charge is 0.508 e. The predicted octanol–water partition coefficient (Wildman–Crippen LogP) is 7.02. The average molecular weight is 738 g/mol. The standard InChI is InChI=1S/C38H33ClF5N5O3/c1-2-24-27(40)5-4-20-8-23(50)9-25(28(20)24)31-30(41)32-26(14-45-31)34(47-35(46-32)52-18-37-6-3-7-49(37)17-22(39)13-37)48-15-19-10-36(11-19)12-21(16-48)29(36)33(51)38(42,43)44/h1,4-5,8-9,14,19,21-22,29,50H,3,6-7,10-13,15-18H2. The van der Waals surface area contributed by atoms with Gasteiger partial charge < -0.3 is 14.7 Å². The van der Waals surface area contributed by atoms with E-state index < -0.39 is 40.8 Å². The molecule has 2 aromatic carbocycles. The number of carbonyl (C=O) groups is 1. The van der Waals surface area contributed by atoms with Crippen LogP contribution in [-0.4, -0.2) is 80.6 Å². The molecule has 14 heteroatoms. The summed E-state index contributed by atoms with van der Waals surface area (Å²) in [6.45, 7) is 2.32. The van der Waals surface area contributed by atoms with Crippen LogP contribution in [0, 0.1) is 47.1 Å². The average Bonchev–Trinajstić information content (AvgIpc) is 3.57. The highest BCUT2D eigenvalue weighted by molar-refractivity contribution is 6.21. The third kappa shape index (κ3) is 5.04. The third-order valence-electron chi connectivity index (χ3n) is 12.3. The maximum Gasteiger partial charge on any atom is 0.450 e. The van der Waals surface area contributed by atoms with E-state index >= 15 is 4.39 Å². The molecule has 5 aliphatic heterocycles. The Balaban J connectivity index is 1.18. The van der Waals surface area contributed by atoms with Crippen LogP contribution in [0.4, 0.5) is 27.8 Å². The summed E-state index contributed by atoms with van der Waals surface area (Å²) in [7, 11) is 0. The van der Waals surface area contributed by atoms with E-state index in [4.69, 9.17) is 27.7 Å². The summed E-state index contributed by atoms with van der Waals surface area (Å²) >= 11 is 6.56. The number of aromatic nitrogens is 3. The molecule has 4 unspecified atom stereocenters. The minimum atomic E-state index is -4.94. The van der Waals surface area contributed by atoms with Crippen molar-refractivity contribution in [1.82, 2.24) is 19.9 Å². The maximum absolute atomic E-state index is 17.0. The maximum atomic E-state index is 17.0. The SMILES string of the molecule is C#Cc1c(F)ccc2cc(O)cc(-c3ncc4c(N5CC6CC7(C6)CC(C5)C7C(=O)C(F)(F)F)nc(OCC56CCCN5CC(Cl)C6)nc4c3F)c12. The Labute approximate surface area is 300 Å². The van der Waals surface area contributed by atoms with Crippen molar-refractivity contribution in [2.24, 2.45) is 23.2 Å². The van der Waals surface area contributed by atoms with E-state index in [0.29, 0.717) is 44.2 Å². The van der Waals surface area contributed by atoms with Crippen LogP contribution in [0.3, 0.4) is 0 Å². The zero-order valence-electron chi connectivity index (χ0n) is 27.8. The molecule has 7 fully saturated rings. The van der Waals surface area contributed by atoms with Crippen molar-refractivity contribution in [1.29, 1.82) is 0 Å². The number of hydrogen-bond donors (Lipinski definition) is 1. The zero-order valence-corrected chi connectivity index (χ0v) is 28.6. The van der Waals surface area contributed by atoms with Crippen molar-refractivity contribution < 1.29 is 36.6 Å². The molecule has 0 radical (unpaired) electrons. The first kappa shape index (κ1) is 33.5. The number of aromatic hydroxyl groups is 1. The fourth-order valence-corrected chi connectivity index (χ4v) is 10.8. The van der Waals surface area contributed by atoms with Crippen LogP contribution in [0.2, 0.25) is 0 Å². The summed E-state index contributed by atoms with van der Waals surface area (Å²) < 4.78 is 79.6. The molecule has 2 aliphatic carbocycles. The number of nitrogens with zero attached hydrogens (tertiary/aromatic N) is 5. The van der Waals surface area contributed by atoms with Crippen LogP contribution in [-0.2, 0) is 4.79 Å². The second-order valence-corrected chi connectivity index (χ2v) is 16.0. The molecular formula is C38H33ClF5N5O3. The fraction of sp³-hybridized carbons (Fsp3) is 0.474. The van der Waals surface area contributed by atoms with Crippen molar-refractivity contribution in [3.8, 4) is 35.4 Å². The van der Waals surface area contributed by atoms with Crippen LogP contribution in [0.25, 0.3) is 32.9 Å². The molecule has 11 rings (SSSR count). The molecule has 2 saturated carbocycles. The quantitative estimate of drug-likeness (QED) is 0.128. The Bertz CT molecular complexity index is 2220. The van der Waals surface area contributed by atoms with E-state index in [0.717, 1.165) is 19.4 Å². The summed E-state index contributed by atoms with van der Waals surface area (Å²) in [6, 6.07) is 5.11. The van der Waals surface area contributed by atoms with Gasteiger partial charge in [0.1, 0.15) is 35.2 Å². The van der Waals surface area contributed by atoms with Crippen molar-refractivity contribution in [3.63, 3.8) is 0 Å². The number of halogens is 6. The molecule has 7 aliphatic rings. The number of benzene rings is 2. The van der Waals surface area contributed by atoms with Gasteiger partial charge in [-0.15, -0.1) is 18.0 Å². The number of terminal acetylenes is 1. The van der Waals surface area contributed by atoms with Crippen LogP contribution in [0.5, 0.6) is 11.8 Å². The molecular weight excluding hydrogens is 705 g/mol. The molecule has 2 aromatic heterocycles. The minimum Gasteiger partial charge on any atom is -0.508 e. The lowest BCUT2D eigenvalue weighted by atomic mass is 9.40. The van der Waals surface area contributed by atoms with Gasteiger partial charge in [-0.3, -0.25) is 14.7 Å². The Hall–Kier alpha value is -4.28. The summed E-state index contributed by atoms with van der Waals surface area (Å²) in [5, 5.41) is 11.3. The molecule has 1 spiro atoms. The fourth-order valence-electron chi connectivity index (χ4n) is 10.3. The normalized spacial score (nSPS) is 29.6. The van der Waals surface area contributed by atoms with Crippen LogP contribution < -0.4 is 9.64 Å². The van der Waals surface area contributed by atoms with Gasteiger partial charge in [0.05, 0.1) is 16.5 Å². The number of pyridine rings is 1. The van der Waals surface area contributed by atoms with Crippen molar-refractivity contribution in [2.45, 2.75) is 55.6 Å². The van der Waals surface area contributed by atoms with Crippen LogP contribution in [0.15, 0.2) is 30.5 Å². The molecule has 0 amide bonds. The van der Waals surface area contributed by atoms with Gasteiger partial charge in [-0.1, -0.05) is 12.0 Å². The third-order valence-corrected chi connectivity index (χ3v) is 12.6. The second kappa shape index (κ2) is 11.6. The number of carbonyl (C=O) groups excluding carboxylic acids is 1. The van der Waals surface area contributed by atoms with Gasteiger partial charge >= 0.3 is 12.2 Å². The molecule has 5 saturated heterocycles. The van der Waals surface area contributed by atoms with E-state index in [1.54, 1.807) is 0 Å². The molecule has 4 aromatic rings. The Kier molecular flexibility index (Phi) is 7.49. The molecule has 1 N–H and O–H groups in total. The number of phenols is 1. The van der Waals surface area contributed by atoms with Gasteiger partial charge in [0.2, 0.25) is 5.78 Å². The summed E-state index contributed by atoms with van der Waals surface area (Å²) in [6.07, 6.45) is 6.10. The monoisotopic (exact) mass is 737 g/mol. The number of anilines is 1. The van der Waals surface area contributed by atoms with Gasteiger partial charge in [0.25, 0.3) is 0 Å². The molecule has 52 heavy (non-hydrogen) atoms. The number of phenolic OH excluding ortho intramolecular Hbond substituents is 1. The summed E-state index contributed by atoms with van der Waals surface area (Å²) in [4.78, 5) is 30.5. The highest BCUT2D eigenvalue weighted by atomic mass is 35.5. The van der Waals surface area contributed by atoms with Crippen molar-refractivity contribution >= 4 is 44.9 Å². The number of hydrogen-bond acceptors (Lipinski definition) is 8. The first-order chi connectivity index (χ1) is 24.8. The Morgan fingerprint density at radius 1 is 1.12 bits per heavy atom. The molecule has 3 bridgehead atoms. The van der Waals surface area contributed by atoms with Crippen LogP contribution in [0.1, 0.15) is 44.1 Å². The molecule has 270 valence electrons. The first-order valence-electron chi connectivity index (χ1n) is 17.5. The Morgan fingerprint density at radius 3 is 2.69 bits per heavy atom.